The second kappa shape index (κ2) is 4.32. The van der Waals surface area contributed by atoms with Gasteiger partial charge in [0.2, 0.25) is 5.43 Å². The summed E-state index contributed by atoms with van der Waals surface area (Å²) >= 11 is 0. The van der Waals surface area contributed by atoms with E-state index >= 15 is 0 Å². The van der Waals surface area contributed by atoms with Gasteiger partial charge in [-0.25, -0.2) is 0 Å². The minimum Gasteiger partial charge on any atom is -0.288 e. The van der Waals surface area contributed by atoms with Crippen molar-refractivity contribution in [1.29, 1.82) is 0 Å². The van der Waals surface area contributed by atoms with Gasteiger partial charge in [-0.3, -0.25) is 9.48 Å². The summed E-state index contributed by atoms with van der Waals surface area (Å²) < 4.78 is 1.79. The van der Waals surface area contributed by atoms with Crippen LogP contribution in [0.1, 0.15) is 37.9 Å². The highest BCUT2D eigenvalue weighted by Gasteiger charge is 2.10. The Kier molecular flexibility index (Phi) is 3.01. The van der Waals surface area contributed by atoms with Gasteiger partial charge in [-0.2, -0.15) is 5.10 Å². The van der Waals surface area contributed by atoms with Crippen molar-refractivity contribution in [3.8, 4) is 0 Å². The van der Waals surface area contributed by atoms with Gasteiger partial charge in [0.25, 0.3) is 0 Å². The first-order chi connectivity index (χ1) is 8.04. The molecule has 3 heteroatoms. The Hall–Kier alpha value is -1.64. The lowest BCUT2D eigenvalue weighted by Gasteiger charge is -2.00. The van der Waals surface area contributed by atoms with E-state index in [2.05, 4.69) is 25.0 Å². The van der Waals surface area contributed by atoms with Crippen molar-refractivity contribution in [3.05, 3.63) is 39.7 Å². The normalized spacial score (nSPS) is 11.4. The van der Waals surface area contributed by atoms with E-state index in [9.17, 15) is 4.79 Å². The van der Waals surface area contributed by atoms with Crippen LogP contribution in [0.5, 0.6) is 0 Å². The van der Waals surface area contributed by atoms with Crippen LogP contribution in [0.25, 0.3) is 10.9 Å². The smallest absolute Gasteiger partial charge is 0.204 e. The van der Waals surface area contributed by atoms with E-state index in [-0.39, 0.29) is 5.43 Å². The van der Waals surface area contributed by atoms with Crippen molar-refractivity contribution in [3.63, 3.8) is 0 Å². The Morgan fingerprint density at radius 2 is 2.06 bits per heavy atom. The third-order valence-electron chi connectivity index (χ3n) is 3.11. The van der Waals surface area contributed by atoms with Crippen LogP contribution >= 0.6 is 0 Å². The molecule has 0 aliphatic heterocycles. The predicted octanol–water partition coefficient (Wildman–Crippen LogP) is 2.85. The van der Waals surface area contributed by atoms with Gasteiger partial charge in [0.05, 0.1) is 5.69 Å². The fourth-order valence-electron chi connectivity index (χ4n) is 2.08. The van der Waals surface area contributed by atoms with Crippen molar-refractivity contribution in [2.24, 2.45) is 0 Å². The zero-order chi connectivity index (χ0) is 12.6. The second-order valence-electron chi connectivity index (χ2n) is 4.66. The number of aryl methyl sites for hydroxylation is 2. The number of fused-ring (bicyclic) bond motifs is 1. The largest absolute Gasteiger partial charge is 0.288 e. The molecule has 0 N–H and O–H groups in total. The first kappa shape index (κ1) is 11.8. The Labute approximate surface area is 101 Å². The van der Waals surface area contributed by atoms with Crippen LogP contribution in [0, 0.1) is 6.92 Å². The van der Waals surface area contributed by atoms with Crippen molar-refractivity contribution in [2.45, 2.75) is 40.2 Å². The lowest BCUT2D eigenvalue weighted by atomic mass is 10.0. The molecule has 0 spiro atoms. The van der Waals surface area contributed by atoms with Crippen LogP contribution in [0.15, 0.2) is 23.0 Å². The summed E-state index contributed by atoms with van der Waals surface area (Å²) in [7, 11) is 0. The molecule has 2 aromatic rings. The van der Waals surface area contributed by atoms with Crippen LogP contribution in [0.4, 0.5) is 0 Å². The standard InChI is InChI=1S/C14H18N2O/c1-5-16-14-12(10(4)15-16)8-11(9(2)3)6-7-13(14)17/h6-9H,5H2,1-4H3. The zero-order valence-corrected chi connectivity index (χ0v) is 10.8. The molecule has 1 heterocycles. The second-order valence-corrected chi connectivity index (χ2v) is 4.66. The number of aromatic nitrogens is 2. The quantitative estimate of drug-likeness (QED) is 0.795. The van der Waals surface area contributed by atoms with Gasteiger partial charge >= 0.3 is 0 Å². The van der Waals surface area contributed by atoms with E-state index in [1.807, 2.05) is 19.9 Å². The lowest BCUT2D eigenvalue weighted by molar-refractivity contribution is 0.675. The van der Waals surface area contributed by atoms with Crippen LogP contribution in [-0.4, -0.2) is 9.78 Å². The molecule has 3 nitrogen and oxygen atoms in total. The molecule has 90 valence electrons. The summed E-state index contributed by atoms with van der Waals surface area (Å²) in [5.41, 5.74) is 2.87. The van der Waals surface area contributed by atoms with E-state index in [0.717, 1.165) is 23.1 Å². The van der Waals surface area contributed by atoms with Crippen molar-refractivity contribution < 1.29 is 0 Å². The topological polar surface area (TPSA) is 34.9 Å². The lowest BCUT2D eigenvalue weighted by Crippen LogP contribution is -2.05. The van der Waals surface area contributed by atoms with Gasteiger partial charge in [0.1, 0.15) is 5.52 Å². The summed E-state index contributed by atoms with van der Waals surface area (Å²) in [5, 5.41) is 5.39. The summed E-state index contributed by atoms with van der Waals surface area (Å²) in [6.07, 6.45) is 0. The number of hydrogen-bond donors (Lipinski definition) is 0. The molecule has 0 aliphatic carbocycles. The monoisotopic (exact) mass is 230 g/mol. The van der Waals surface area contributed by atoms with E-state index in [0.29, 0.717) is 5.92 Å². The molecule has 2 rings (SSSR count). The van der Waals surface area contributed by atoms with Gasteiger partial charge in [-0.05, 0) is 37.5 Å². The summed E-state index contributed by atoms with van der Waals surface area (Å²) in [5.74, 6) is 0.411. The molecular formula is C14H18N2O. The van der Waals surface area contributed by atoms with Gasteiger partial charge in [-0.1, -0.05) is 19.9 Å². The molecule has 0 saturated carbocycles. The summed E-state index contributed by atoms with van der Waals surface area (Å²) in [4.78, 5) is 12.1. The number of nitrogens with zero attached hydrogens (tertiary/aromatic N) is 2. The average Bonchev–Trinajstić information content (AvgIpc) is 2.48. The Balaban J connectivity index is 2.92. The Morgan fingerprint density at radius 3 is 2.65 bits per heavy atom. The first-order valence-corrected chi connectivity index (χ1v) is 6.06. The van der Waals surface area contributed by atoms with E-state index in [1.165, 1.54) is 5.56 Å². The van der Waals surface area contributed by atoms with E-state index in [4.69, 9.17) is 0 Å². The Morgan fingerprint density at radius 1 is 1.35 bits per heavy atom. The maximum atomic E-state index is 12.1. The highest BCUT2D eigenvalue weighted by atomic mass is 16.1. The highest BCUT2D eigenvalue weighted by Crippen LogP contribution is 2.19. The number of hydrogen-bond acceptors (Lipinski definition) is 2. The van der Waals surface area contributed by atoms with Gasteiger partial charge < -0.3 is 0 Å². The van der Waals surface area contributed by atoms with Gasteiger partial charge in [-0.15, -0.1) is 0 Å². The van der Waals surface area contributed by atoms with Crippen LogP contribution in [0.3, 0.4) is 0 Å². The number of rotatable bonds is 2. The maximum absolute atomic E-state index is 12.1. The molecule has 0 unspecified atom stereocenters. The minimum absolute atomic E-state index is 0.0503. The fraction of sp³-hybridized carbons (Fsp3) is 0.429. The molecule has 0 saturated heterocycles. The Bertz CT molecular complexity index is 611. The van der Waals surface area contributed by atoms with Crippen molar-refractivity contribution in [1.82, 2.24) is 9.78 Å². The maximum Gasteiger partial charge on any atom is 0.204 e. The van der Waals surface area contributed by atoms with Gasteiger partial charge in [0, 0.05) is 11.9 Å². The van der Waals surface area contributed by atoms with Crippen LogP contribution in [-0.2, 0) is 6.54 Å². The molecule has 1 aromatic carbocycles. The molecule has 1 aromatic heterocycles. The van der Waals surface area contributed by atoms with Crippen molar-refractivity contribution in [2.75, 3.05) is 0 Å². The van der Waals surface area contributed by atoms with Crippen LogP contribution < -0.4 is 5.43 Å². The van der Waals surface area contributed by atoms with E-state index in [1.54, 1.807) is 10.7 Å². The minimum atomic E-state index is 0.0503. The molecule has 0 aliphatic rings. The van der Waals surface area contributed by atoms with Crippen LogP contribution in [0.2, 0.25) is 0 Å². The van der Waals surface area contributed by atoms with E-state index < -0.39 is 0 Å². The SMILES string of the molecule is CCn1nc(C)c2cc(C(C)C)ccc(=O)c21. The highest BCUT2D eigenvalue weighted by molar-refractivity contribution is 5.81. The molecule has 17 heavy (non-hydrogen) atoms. The molecule has 0 radical (unpaired) electrons. The predicted molar refractivity (Wildman–Crippen MR) is 70.5 cm³/mol. The molecule has 0 atom stereocenters. The summed E-state index contributed by atoms with van der Waals surface area (Å²) in [6, 6.07) is 5.67. The van der Waals surface area contributed by atoms with Gasteiger partial charge in [0.15, 0.2) is 0 Å². The summed E-state index contributed by atoms with van der Waals surface area (Å²) in [6.45, 7) is 8.94. The zero-order valence-electron chi connectivity index (χ0n) is 10.8. The third-order valence-corrected chi connectivity index (χ3v) is 3.11. The molecule has 0 amide bonds. The molecule has 0 fully saturated rings. The first-order valence-electron chi connectivity index (χ1n) is 6.06. The van der Waals surface area contributed by atoms with Crippen molar-refractivity contribution >= 4 is 10.9 Å². The third kappa shape index (κ3) is 1.97. The molecular weight excluding hydrogens is 212 g/mol. The average molecular weight is 230 g/mol. The molecule has 0 bridgehead atoms. The fourth-order valence-corrected chi connectivity index (χ4v) is 2.08.